The molecule has 2 aliphatic heterocycles. The third-order valence-electron chi connectivity index (χ3n) is 4.56. The highest BCUT2D eigenvalue weighted by Gasteiger charge is 2.49. The number of hydrogen-bond acceptors (Lipinski definition) is 7. The van der Waals surface area contributed by atoms with E-state index in [0.29, 0.717) is 0 Å². The second kappa shape index (κ2) is 8.93. The fourth-order valence-electron chi connectivity index (χ4n) is 2.91. The van der Waals surface area contributed by atoms with Gasteiger partial charge < -0.3 is 24.6 Å². The highest BCUT2D eigenvalue weighted by molar-refractivity contribution is 7.99. The van der Waals surface area contributed by atoms with E-state index < -0.39 is 52.0 Å². The molecule has 0 aromatic carbocycles. The van der Waals surface area contributed by atoms with E-state index in [1.165, 1.54) is 11.8 Å². The van der Waals surface area contributed by atoms with Crippen molar-refractivity contribution in [1.29, 1.82) is 0 Å². The van der Waals surface area contributed by atoms with Crippen LogP contribution in [0.5, 0.6) is 0 Å². The summed E-state index contributed by atoms with van der Waals surface area (Å²) in [6, 6.07) is -0.449. The summed E-state index contributed by atoms with van der Waals surface area (Å²) in [5.41, 5.74) is -0.610. The van der Waals surface area contributed by atoms with Gasteiger partial charge in [-0.1, -0.05) is 19.1 Å². The Balaban J connectivity index is 2.30. The van der Waals surface area contributed by atoms with Gasteiger partial charge in [0.15, 0.2) is 0 Å². The van der Waals surface area contributed by atoms with E-state index >= 15 is 0 Å². The predicted octanol–water partition coefficient (Wildman–Crippen LogP) is 0.934. The third kappa shape index (κ3) is 5.35. The fraction of sp³-hybridized carbons (Fsp3) is 0.882. The molecule has 4 N–H and O–H groups in total. The number of allylic oxidation sites excluding steroid dienone is 1. The van der Waals surface area contributed by atoms with Crippen molar-refractivity contribution in [3.05, 3.63) is 12.2 Å². The van der Waals surface area contributed by atoms with Gasteiger partial charge in [0.1, 0.15) is 34.6 Å². The number of hydrogen-bond donors (Lipinski definition) is 4. The summed E-state index contributed by atoms with van der Waals surface area (Å²) < 4.78 is 21.2. The minimum absolute atomic E-state index is 0.0582. The molecule has 1 fully saturated rings. The molecule has 0 unspecified atom stereocenters. The van der Waals surface area contributed by atoms with Crippen LogP contribution in [-0.2, 0) is 16.1 Å². The van der Waals surface area contributed by atoms with Gasteiger partial charge >= 0.3 is 0 Å². The lowest BCUT2D eigenvalue weighted by Gasteiger charge is -2.44. The van der Waals surface area contributed by atoms with Gasteiger partial charge in [-0.3, -0.25) is 0 Å². The lowest BCUT2D eigenvalue weighted by atomic mass is 9.88. The molecule has 0 spiro atoms. The summed E-state index contributed by atoms with van der Waals surface area (Å²) in [5.74, 6) is 0.735. The van der Waals surface area contributed by atoms with Crippen LogP contribution in [0.4, 0.5) is 0 Å². The molecule has 146 valence electrons. The second-order valence-electron chi connectivity index (χ2n) is 7.77. The predicted molar refractivity (Wildman–Crippen MR) is 101 cm³/mol. The lowest BCUT2D eigenvalue weighted by molar-refractivity contribution is -0.205. The van der Waals surface area contributed by atoms with Crippen LogP contribution in [0.2, 0.25) is 0 Å². The number of ether oxygens (including phenoxy) is 1. The van der Waals surface area contributed by atoms with Gasteiger partial charge in [-0.2, -0.15) is 0 Å². The van der Waals surface area contributed by atoms with Gasteiger partial charge in [-0.25, -0.2) is 0 Å². The molecule has 6 nitrogen and oxygen atoms in total. The second-order valence-corrected chi connectivity index (χ2v) is 11.0. The summed E-state index contributed by atoms with van der Waals surface area (Å²) >= 11 is 0.0913. The summed E-state index contributed by atoms with van der Waals surface area (Å²) in [7, 11) is 0. The molecule has 0 aromatic rings. The van der Waals surface area contributed by atoms with Crippen LogP contribution < -0.4 is 4.72 Å². The van der Waals surface area contributed by atoms with E-state index in [2.05, 4.69) is 10.8 Å². The first-order valence-corrected chi connectivity index (χ1v) is 11.0. The van der Waals surface area contributed by atoms with Crippen molar-refractivity contribution in [3.8, 4) is 0 Å². The van der Waals surface area contributed by atoms with E-state index in [1.807, 2.05) is 33.8 Å². The Morgan fingerprint density at radius 1 is 1.20 bits per heavy atom. The Kier molecular flexibility index (Phi) is 7.68. The monoisotopic (exact) mass is 393 g/mol. The van der Waals surface area contributed by atoms with Gasteiger partial charge in [0.05, 0.1) is 6.04 Å². The van der Waals surface area contributed by atoms with Crippen molar-refractivity contribution in [2.24, 2.45) is 5.92 Å². The molecule has 0 radical (unpaired) electrons. The van der Waals surface area contributed by atoms with E-state index in [-0.39, 0.29) is 5.92 Å². The molecule has 0 saturated carbocycles. The quantitative estimate of drug-likeness (QED) is 0.409. The van der Waals surface area contributed by atoms with Crippen LogP contribution in [-0.4, -0.2) is 66.3 Å². The molecule has 0 amide bonds. The average Bonchev–Trinajstić information content (AvgIpc) is 2.56. The Bertz CT molecular complexity index is 459. The number of thioether (sulfide) groups is 1. The Labute approximate surface area is 157 Å². The zero-order valence-electron chi connectivity index (χ0n) is 15.3. The number of rotatable bonds is 2. The molecule has 2 aliphatic rings. The van der Waals surface area contributed by atoms with Crippen LogP contribution in [0.25, 0.3) is 0 Å². The van der Waals surface area contributed by atoms with Crippen molar-refractivity contribution in [3.63, 3.8) is 0 Å². The SMILES string of the molecule is C[C@H]1/C=C/CCCS[C@H]2O[C@@H]([C@H](O)[C@H](O)[C@H]2O)[C@@H]1N[S@+]([O-])C(C)(C)C. The van der Waals surface area contributed by atoms with Crippen molar-refractivity contribution >= 4 is 23.1 Å². The molecule has 0 aromatic heterocycles. The molecule has 8 heteroatoms. The standard InChI is InChI=1S/C17H31NO5S2/c1-10-8-6-5-7-9-24-16-14(21)12(19)13(20)15(23-16)11(10)18-25(22)17(2,3)4/h6,8,10-16,18-21H,5,7,9H2,1-4H3/b8-6+/t10-,11+,12-,13+,14+,15+,16+,25+/m0/s1. The Hall–Kier alpha value is 0.200. The first-order chi connectivity index (χ1) is 11.6. The maximum atomic E-state index is 12.6. The summed E-state index contributed by atoms with van der Waals surface area (Å²) in [6.07, 6.45) is 1.53. The minimum Gasteiger partial charge on any atom is -0.598 e. The smallest absolute Gasteiger partial charge is 0.136 e. The van der Waals surface area contributed by atoms with Crippen molar-refractivity contribution in [1.82, 2.24) is 4.72 Å². The minimum atomic E-state index is -1.35. The highest BCUT2D eigenvalue weighted by Crippen LogP contribution is 2.33. The number of fused-ring (bicyclic) bond motifs is 2. The van der Waals surface area contributed by atoms with E-state index in [4.69, 9.17) is 4.74 Å². The molecule has 1 saturated heterocycles. The van der Waals surface area contributed by atoms with Gasteiger partial charge in [0, 0.05) is 11.4 Å². The molecule has 2 heterocycles. The van der Waals surface area contributed by atoms with Gasteiger partial charge in [-0.15, -0.1) is 16.5 Å². The largest absolute Gasteiger partial charge is 0.598 e. The molecule has 8 atom stereocenters. The van der Waals surface area contributed by atoms with Crippen molar-refractivity contribution in [2.75, 3.05) is 5.75 Å². The van der Waals surface area contributed by atoms with Gasteiger partial charge in [-0.05, 0) is 45.3 Å². The molecule has 0 aliphatic carbocycles. The van der Waals surface area contributed by atoms with E-state index in [9.17, 15) is 19.9 Å². The zero-order valence-corrected chi connectivity index (χ0v) is 16.9. The molecule has 25 heavy (non-hydrogen) atoms. The van der Waals surface area contributed by atoms with Crippen LogP contribution in [0.1, 0.15) is 40.5 Å². The summed E-state index contributed by atoms with van der Waals surface area (Å²) in [4.78, 5) is 0. The van der Waals surface area contributed by atoms with Crippen molar-refractivity contribution < 1.29 is 24.6 Å². The van der Waals surface area contributed by atoms with Crippen LogP contribution >= 0.6 is 11.8 Å². The first-order valence-electron chi connectivity index (χ1n) is 8.79. The highest BCUT2D eigenvalue weighted by atomic mass is 32.2. The first kappa shape index (κ1) is 21.5. The van der Waals surface area contributed by atoms with Crippen LogP contribution in [0.3, 0.4) is 0 Å². The Morgan fingerprint density at radius 2 is 1.88 bits per heavy atom. The van der Waals surface area contributed by atoms with E-state index in [0.717, 1.165) is 18.6 Å². The normalized spacial score (nSPS) is 43.1. The van der Waals surface area contributed by atoms with Crippen LogP contribution in [0.15, 0.2) is 12.2 Å². The van der Waals surface area contributed by atoms with E-state index in [1.54, 1.807) is 0 Å². The van der Waals surface area contributed by atoms with Gasteiger partial charge in [0.25, 0.3) is 0 Å². The number of aliphatic hydroxyl groups excluding tert-OH is 3. The topological polar surface area (TPSA) is 105 Å². The maximum Gasteiger partial charge on any atom is 0.136 e. The van der Waals surface area contributed by atoms with Gasteiger partial charge in [0.2, 0.25) is 0 Å². The van der Waals surface area contributed by atoms with Crippen molar-refractivity contribution in [2.45, 2.75) is 81.2 Å². The third-order valence-corrected chi connectivity index (χ3v) is 7.40. The molecular weight excluding hydrogens is 362 g/mol. The van der Waals surface area contributed by atoms with Crippen LogP contribution in [0, 0.1) is 5.92 Å². The number of aliphatic hydroxyl groups is 3. The maximum absolute atomic E-state index is 12.6. The summed E-state index contributed by atoms with van der Waals surface area (Å²) in [5, 5.41) is 31.0. The molecule has 2 rings (SSSR count). The average molecular weight is 394 g/mol. The fourth-order valence-corrected chi connectivity index (χ4v) is 4.99. The molecular formula is C17H31NO5S2. The number of nitrogens with one attached hydrogen (secondary N) is 1. The lowest BCUT2D eigenvalue weighted by Crippen LogP contribution is -2.64. The summed E-state index contributed by atoms with van der Waals surface area (Å²) in [6.45, 7) is 7.59. The zero-order chi connectivity index (χ0) is 18.8. The molecule has 2 bridgehead atoms. The Morgan fingerprint density at radius 3 is 2.52 bits per heavy atom.